The highest BCUT2D eigenvalue weighted by Gasteiger charge is 2.19. The quantitative estimate of drug-likeness (QED) is 0.728. The summed E-state index contributed by atoms with van der Waals surface area (Å²) in [6.45, 7) is 2.13. The van der Waals surface area contributed by atoms with Crippen molar-refractivity contribution in [2.75, 3.05) is 31.2 Å². The fourth-order valence-corrected chi connectivity index (χ4v) is 2.74. The summed E-state index contributed by atoms with van der Waals surface area (Å²) in [6.07, 6.45) is 0. The van der Waals surface area contributed by atoms with Crippen molar-refractivity contribution in [3.8, 4) is 5.75 Å². The Kier molecular flexibility index (Phi) is 2.86. The molecule has 0 unspecified atom stereocenters. The first-order valence-electron chi connectivity index (χ1n) is 7.04. The molecule has 1 aliphatic rings. The second-order valence-electron chi connectivity index (χ2n) is 5.08. The maximum Gasteiger partial charge on any atom is 0.145 e. The topological polar surface area (TPSA) is 58.5 Å². The van der Waals surface area contributed by atoms with Crippen LogP contribution in [-0.4, -0.2) is 41.4 Å². The van der Waals surface area contributed by atoms with E-state index < -0.39 is 0 Å². The van der Waals surface area contributed by atoms with Gasteiger partial charge in [-0.2, -0.15) is 0 Å². The highest BCUT2D eigenvalue weighted by Crippen LogP contribution is 2.34. The van der Waals surface area contributed by atoms with Gasteiger partial charge in [0.05, 0.1) is 40.9 Å². The van der Waals surface area contributed by atoms with Crippen molar-refractivity contribution >= 4 is 27.8 Å². The van der Waals surface area contributed by atoms with Gasteiger partial charge in [-0.05, 0) is 18.2 Å². The molecule has 1 aromatic heterocycles. The Balaban J connectivity index is 1.93. The fraction of sp³-hybridized carbons (Fsp3) is 0.250. The summed E-state index contributed by atoms with van der Waals surface area (Å²) in [7, 11) is 0. The molecule has 0 fully saturated rings. The molecule has 5 heteroatoms. The van der Waals surface area contributed by atoms with Gasteiger partial charge < -0.3 is 14.7 Å². The number of ether oxygens (including phenoxy) is 1. The van der Waals surface area contributed by atoms with Gasteiger partial charge in [-0.3, -0.25) is 0 Å². The van der Waals surface area contributed by atoms with Crippen molar-refractivity contribution in [1.29, 1.82) is 0 Å². The van der Waals surface area contributed by atoms with Crippen LogP contribution in [0.4, 0.5) is 5.69 Å². The van der Waals surface area contributed by atoms with Crippen molar-refractivity contribution in [1.82, 2.24) is 9.97 Å². The summed E-state index contributed by atoms with van der Waals surface area (Å²) in [5, 5.41) is 9.19. The Morgan fingerprint density at radius 3 is 2.48 bits per heavy atom. The van der Waals surface area contributed by atoms with E-state index in [9.17, 15) is 5.11 Å². The molecule has 0 spiro atoms. The van der Waals surface area contributed by atoms with Gasteiger partial charge in [0.2, 0.25) is 0 Å². The van der Waals surface area contributed by atoms with Crippen LogP contribution in [0.2, 0.25) is 0 Å². The number of β-amino-alcohol motifs (C(OH)–C–C–N with tert-alkyl or cyclic N) is 1. The average molecular weight is 281 g/mol. The number of aliphatic hydroxyl groups excluding tert-OH is 1. The monoisotopic (exact) mass is 281 g/mol. The molecule has 0 bridgehead atoms. The molecule has 5 nitrogen and oxygen atoms in total. The zero-order valence-electron chi connectivity index (χ0n) is 11.5. The lowest BCUT2D eigenvalue weighted by molar-refractivity contribution is 0.278. The maximum atomic E-state index is 9.19. The predicted octanol–water partition coefficient (Wildman–Crippen LogP) is 1.97. The zero-order chi connectivity index (χ0) is 14.2. The van der Waals surface area contributed by atoms with E-state index in [2.05, 4.69) is 14.9 Å². The molecule has 3 aromatic rings. The Bertz CT molecular complexity index is 819. The molecule has 0 aliphatic carbocycles. The SMILES string of the molecule is OCCN1CCOc2cc3nc4ccccc4nc3cc21. The number of fused-ring (bicyclic) bond motifs is 3. The smallest absolute Gasteiger partial charge is 0.145 e. The third-order valence-electron chi connectivity index (χ3n) is 3.75. The molecule has 0 radical (unpaired) electrons. The number of hydrogen-bond acceptors (Lipinski definition) is 5. The minimum atomic E-state index is 0.126. The molecule has 1 aliphatic heterocycles. The summed E-state index contributed by atoms with van der Waals surface area (Å²) < 4.78 is 5.73. The summed E-state index contributed by atoms with van der Waals surface area (Å²) >= 11 is 0. The first-order chi connectivity index (χ1) is 10.3. The van der Waals surface area contributed by atoms with Gasteiger partial charge in [-0.1, -0.05) is 12.1 Å². The van der Waals surface area contributed by atoms with Gasteiger partial charge in [-0.25, -0.2) is 9.97 Å². The van der Waals surface area contributed by atoms with Crippen LogP contribution in [0, 0.1) is 0 Å². The van der Waals surface area contributed by atoms with Crippen molar-refractivity contribution < 1.29 is 9.84 Å². The van der Waals surface area contributed by atoms with E-state index in [4.69, 9.17) is 4.74 Å². The number of benzene rings is 2. The first kappa shape index (κ1) is 12.3. The number of rotatable bonds is 2. The van der Waals surface area contributed by atoms with E-state index in [-0.39, 0.29) is 6.61 Å². The van der Waals surface area contributed by atoms with E-state index in [1.54, 1.807) is 0 Å². The van der Waals surface area contributed by atoms with Gasteiger partial charge in [0.25, 0.3) is 0 Å². The van der Waals surface area contributed by atoms with E-state index >= 15 is 0 Å². The van der Waals surface area contributed by atoms with Crippen molar-refractivity contribution in [2.24, 2.45) is 0 Å². The molecule has 1 N–H and O–H groups in total. The van der Waals surface area contributed by atoms with Crippen molar-refractivity contribution in [2.45, 2.75) is 0 Å². The lowest BCUT2D eigenvalue weighted by Crippen LogP contribution is -2.34. The minimum absolute atomic E-state index is 0.126. The van der Waals surface area contributed by atoms with Crippen LogP contribution >= 0.6 is 0 Å². The third kappa shape index (κ3) is 2.06. The maximum absolute atomic E-state index is 9.19. The summed E-state index contributed by atoms with van der Waals surface area (Å²) in [5.74, 6) is 0.812. The molecular formula is C16H15N3O2. The van der Waals surface area contributed by atoms with Gasteiger partial charge in [0.1, 0.15) is 12.4 Å². The van der Waals surface area contributed by atoms with Crippen LogP contribution in [0.3, 0.4) is 0 Å². The van der Waals surface area contributed by atoms with Crippen LogP contribution in [-0.2, 0) is 0 Å². The number of nitrogens with zero attached hydrogens (tertiary/aromatic N) is 3. The zero-order valence-corrected chi connectivity index (χ0v) is 11.5. The number of hydrogen-bond donors (Lipinski definition) is 1. The molecule has 106 valence electrons. The first-order valence-corrected chi connectivity index (χ1v) is 7.04. The van der Waals surface area contributed by atoms with Gasteiger partial charge in [-0.15, -0.1) is 0 Å². The predicted molar refractivity (Wildman–Crippen MR) is 81.8 cm³/mol. The molecule has 2 aromatic carbocycles. The van der Waals surface area contributed by atoms with Crippen LogP contribution in [0.15, 0.2) is 36.4 Å². The lowest BCUT2D eigenvalue weighted by atomic mass is 10.2. The molecule has 0 amide bonds. The highest BCUT2D eigenvalue weighted by molar-refractivity contribution is 5.90. The van der Waals surface area contributed by atoms with E-state index in [0.717, 1.165) is 40.0 Å². The van der Waals surface area contributed by atoms with Gasteiger partial charge in [0.15, 0.2) is 0 Å². The summed E-state index contributed by atoms with van der Waals surface area (Å²) in [5.41, 5.74) is 4.43. The third-order valence-corrected chi connectivity index (χ3v) is 3.75. The summed E-state index contributed by atoms with van der Waals surface area (Å²) in [4.78, 5) is 11.4. The molecule has 4 rings (SSSR count). The molecule has 0 atom stereocenters. The lowest BCUT2D eigenvalue weighted by Gasteiger charge is -2.30. The van der Waals surface area contributed by atoms with E-state index in [1.807, 2.05) is 36.4 Å². The normalized spacial score (nSPS) is 14.2. The average Bonchev–Trinajstić information content (AvgIpc) is 2.52. The number of aliphatic hydroxyl groups is 1. The molecular weight excluding hydrogens is 266 g/mol. The minimum Gasteiger partial charge on any atom is -0.489 e. The Morgan fingerprint density at radius 2 is 1.76 bits per heavy atom. The van der Waals surface area contributed by atoms with Crippen molar-refractivity contribution in [3.05, 3.63) is 36.4 Å². The van der Waals surface area contributed by atoms with Crippen LogP contribution in [0.5, 0.6) is 5.75 Å². The van der Waals surface area contributed by atoms with Crippen LogP contribution in [0.25, 0.3) is 22.1 Å². The van der Waals surface area contributed by atoms with Crippen LogP contribution in [0.1, 0.15) is 0 Å². The number of para-hydroxylation sites is 2. The van der Waals surface area contributed by atoms with Gasteiger partial charge >= 0.3 is 0 Å². The largest absolute Gasteiger partial charge is 0.489 e. The fourth-order valence-electron chi connectivity index (χ4n) is 2.74. The highest BCUT2D eigenvalue weighted by atomic mass is 16.5. The molecule has 0 saturated heterocycles. The molecule has 0 saturated carbocycles. The molecule has 21 heavy (non-hydrogen) atoms. The summed E-state index contributed by atoms with van der Waals surface area (Å²) in [6, 6.07) is 11.8. The van der Waals surface area contributed by atoms with E-state index in [1.165, 1.54) is 0 Å². The van der Waals surface area contributed by atoms with Crippen molar-refractivity contribution in [3.63, 3.8) is 0 Å². The number of aromatic nitrogens is 2. The van der Waals surface area contributed by atoms with Gasteiger partial charge in [0, 0.05) is 12.6 Å². The number of anilines is 1. The Hall–Kier alpha value is -2.40. The molecule has 2 heterocycles. The second-order valence-corrected chi connectivity index (χ2v) is 5.08. The second kappa shape index (κ2) is 4.86. The van der Waals surface area contributed by atoms with Crippen LogP contribution < -0.4 is 9.64 Å². The van der Waals surface area contributed by atoms with E-state index in [0.29, 0.717) is 13.2 Å². The Morgan fingerprint density at radius 1 is 1.05 bits per heavy atom. The standard InChI is InChI=1S/C16H15N3O2/c20-7-5-19-6-8-21-16-10-14-13(9-15(16)19)17-11-3-1-2-4-12(11)18-14/h1-4,9-10,20H,5-8H2. The Labute approximate surface area is 121 Å².